The Hall–Kier alpha value is -1.13. The first-order valence-electron chi connectivity index (χ1n) is 9.17. The second-order valence-corrected chi connectivity index (χ2v) is 8.80. The summed E-state index contributed by atoms with van der Waals surface area (Å²) in [4.78, 5) is 0. The van der Waals surface area contributed by atoms with Gasteiger partial charge < -0.3 is 0 Å². The first-order valence-corrected chi connectivity index (χ1v) is 10.7. The Morgan fingerprint density at radius 1 is 0.696 bits per heavy atom. The van der Waals surface area contributed by atoms with Gasteiger partial charge in [-0.2, -0.15) is 0 Å². The summed E-state index contributed by atoms with van der Waals surface area (Å²) in [6.45, 7) is 6.72. The summed E-state index contributed by atoms with van der Waals surface area (Å²) in [5.74, 6) is 0. The zero-order chi connectivity index (χ0) is 16.5. The first kappa shape index (κ1) is 18.2. The van der Waals surface area contributed by atoms with Gasteiger partial charge in [0.2, 0.25) is 0 Å². The molecule has 2 aromatic rings. The molecule has 0 nitrogen and oxygen atoms in total. The quantitative estimate of drug-likeness (QED) is 0.394. The average Bonchev–Trinajstić information content (AvgIpc) is 2.59. The van der Waals surface area contributed by atoms with E-state index in [9.17, 15) is 0 Å². The van der Waals surface area contributed by atoms with Crippen molar-refractivity contribution < 1.29 is 0 Å². The SMILES string of the molecule is CCCCCP(c1ccc(C)cc1)c1ccc(CCCC)cc1. The molecule has 0 aliphatic rings. The average molecular weight is 326 g/mol. The lowest BCUT2D eigenvalue weighted by molar-refractivity contribution is 0.777. The minimum absolute atomic E-state index is 0.200. The molecule has 0 N–H and O–H groups in total. The molecule has 0 aliphatic carbocycles. The Kier molecular flexibility index (Phi) is 7.83. The Morgan fingerprint density at radius 2 is 1.26 bits per heavy atom. The van der Waals surface area contributed by atoms with Crippen LogP contribution in [0, 0.1) is 6.92 Å². The highest BCUT2D eigenvalue weighted by molar-refractivity contribution is 7.73. The largest absolute Gasteiger partial charge is 0.0654 e. The van der Waals surface area contributed by atoms with E-state index in [1.807, 2.05) is 0 Å². The van der Waals surface area contributed by atoms with Gasteiger partial charge in [0.1, 0.15) is 0 Å². The fraction of sp³-hybridized carbons (Fsp3) is 0.455. The van der Waals surface area contributed by atoms with Crippen molar-refractivity contribution in [3.8, 4) is 0 Å². The minimum Gasteiger partial charge on any atom is -0.0654 e. The van der Waals surface area contributed by atoms with Crippen LogP contribution in [-0.4, -0.2) is 6.16 Å². The topological polar surface area (TPSA) is 0 Å². The molecule has 1 unspecified atom stereocenters. The molecule has 0 aliphatic heterocycles. The lowest BCUT2D eigenvalue weighted by Crippen LogP contribution is -2.14. The molecule has 1 atom stereocenters. The zero-order valence-electron chi connectivity index (χ0n) is 15.0. The smallest absolute Gasteiger partial charge is 0.0195 e. The predicted octanol–water partition coefficient (Wildman–Crippen LogP) is 5.96. The van der Waals surface area contributed by atoms with Crippen LogP contribution in [0.2, 0.25) is 0 Å². The molecule has 0 spiro atoms. The van der Waals surface area contributed by atoms with Crippen LogP contribution in [-0.2, 0) is 6.42 Å². The number of rotatable bonds is 9. The summed E-state index contributed by atoms with van der Waals surface area (Å²) in [5, 5.41) is 3.07. The van der Waals surface area contributed by atoms with Crippen molar-refractivity contribution in [3.63, 3.8) is 0 Å². The van der Waals surface area contributed by atoms with Gasteiger partial charge in [0.05, 0.1) is 0 Å². The predicted molar refractivity (Wildman–Crippen MR) is 107 cm³/mol. The van der Waals surface area contributed by atoms with Crippen molar-refractivity contribution in [3.05, 3.63) is 59.7 Å². The van der Waals surface area contributed by atoms with E-state index in [-0.39, 0.29) is 7.92 Å². The van der Waals surface area contributed by atoms with Crippen LogP contribution in [0.5, 0.6) is 0 Å². The number of hydrogen-bond donors (Lipinski definition) is 0. The van der Waals surface area contributed by atoms with Crippen molar-refractivity contribution in [2.75, 3.05) is 6.16 Å². The van der Waals surface area contributed by atoms with E-state index in [2.05, 4.69) is 69.3 Å². The van der Waals surface area contributed by atoms with Crippen molar-refractivity contribution >= 4 is 18.5 Å². The maximum absolute atomic E-state index is 2.39. The van der Waals surface area contributed by atoms with Gasteiger partial charge >= 0.3 is 0 Å². The molecule has 0 saturated heterocycles. The molecular formula is C22H31P. The van der Waals surface area contributed by atoms with Crippen LogP contribution in [0.25, 0.3) is 0 Å². The van der Waals surface area contributed by atoms with E-state index in [0.717, 1.165) is 0 Å². The van der Waals surface area contributed by atoms with E-state index in [0.29, 0.717) is 0 Å². The highest BCUT2D eigenvalue weighted by Crippen LogP contribution is 2.35. The maximum Gasteiger partial charge on any atom is -0.0195 e. The van der Waals surface area contributed by atoms with Gasteiger partial charge in [-0.15, -0.1) is 0 Å². The van der Waals surface area contributed by atoms with Gasteiger partial charge in [0, 0.05) is 0 Å². The third-order valence-electron chi connectivity index (χ3n) is 4.40. The fourth-order valence-corrected chi connectivity index (χ4v) is 5.25. The van der Waals surface area contributed by atoms with E-state index >= 15 is 0 Å². The number of unbranched alkanes of at least 4 members (excludes halogenated alkanes) is 3. The lowest BCUT2D eigenvalue weighted by atomic mass is 10.1. The van der Waals surface area contributed by atoms with Crippen molar-refractivity contribution in [2.45, 2.75) is 59.3 Å². The lowest BCUT2D eigenvalue weighted by Gasteiger charge is -2.19. The Morgan fingerprint density at radius 3 is 1.83 bits per heavy atom. The number of aryl methyl sites for hydroxylation is 2. The van der Waals surface area contributed by atoms with Gasteiger partial charge in [0.25, 0.3) is 0 Å². The molecular weight excluding hydrogens is 295 g/mol. The van der Waals surface area contributed by atoms with Gasteiger partial charge in [-0.1, -0.05) is 87.2 Å². The van der Waals surface area contributed by atoms with Crippen LogP contribution in [0.4, 0.5) is 0 Å². The first-order chi connectivity index (χ1) is 11.2. The van der Waals surface area contributed by atoms with Crippen LogP contribution in [0.1, 0.15) is 57.1 Å². The van der Waals surface area contributed by atoms with Crippen molar-refractivity contribution in [1.29, 1.82) is 0 Å². The van der Waals surface area contributed by atoms with Gasteiger partial charge in [-0.25, -0.2) is 0 Å². The third-order valence-corrected chi connectivity index (χ3v) is 7.00. The molecule has 124 valence electrons. The van der Waals surface area contributed by atoms with E-state index in [1.165, 1.54) is 61.1 Å². The molecule has 0 heterocycles. The summed E-state index contributed by atoms with van der Waals surface area (Å²) in [6.07, 6.45) is 9.09. The number of benzene rings is 2. The summed E-state index contributed by atoms with van der Waals surface area (Å²) in [5.41, 5.74) is 2.84. The molecule has 23 heavy (non-hydrogen) atoms. The molecule has 0 radical (unpaired) electrons. The molecule has 0 saturated carbocycles. The third kappa shape index (κ3) is 5.78. The highest BCUT2D eigenvalue weighted by atomic mass is 31.1. The molecule has 1 heteroatoms. The monoisotopic (exact) mass is 326 g/mol. The second kappa shape index (κ2) is 9.89. The van der Waals surface area contributed by atoms with Gasteiger partial charge in [0.15, 0.2) is 0 Å². The van der Waals surface area contributed by atoms with Crippen LogP contribution < -0.4 is 10.6 Å². The fourth-order valence-electron chi connectivity index (χ4n) is 2.88. The molecule has 0 fully saturated rings. The van der Waals surface area contributed by atoms with E-state index in [4.69, 9.17) is 0 Å². The van der Waals surface area contributed by atoms with Crippen LogP contribution in [0.15, 0.2) is 48.5 Å². The summed E-state index contributed by atoms with van der Waals surface area (Å²) in [7, 11) is -0.200. The normalized spacial score (nSPS) is 12.3. The molecule has 0 amide bonds. The molecule has 2 rings (SSSR count). The van der Waals surface area contributed by atoms with Crippen molar-refractivity contribution in [1.82, 2.24) is 0 Å². The zero-order valence-corrected chi connectivity index (χ0v) is 15.9. The van der Waals surface area contributed by atoms with Gasteiger partial charge in [-0.3, -0.25) is 0 Å². The second-order valence-electron chi connectivity index (χ2n) is 6.46. The highest BCUT2D eigenvalue weighted by Gasteiger charge is 2.13. The summed E-state index contributed by atoms with van der Waals surface area (Å²) >= 11 is 0. The molecule has 0 bridgehead atoms. The molecule has 0 aromatic heterocycles. The van der Waals surface area contributed by atoms with Crippen molar-refractivity contribution in [2.24, 2.45) is 0 Å². The van der Waals surface area contributed by atoms with Crippen LogP contribution >= 0.6 is 7.92 Å². The van der Waals surface area contributed by atoms with E-state index < -0.39 is 0 Å². The van der Waals surface area contributed by atoms with Gasteiger partial charge in [-0.05, 0) is 56.4 Å². The summed E-state index contributed by atoms with van der Waals surface area (Å²) < 4.78 is 0. The Bertz CT molecular complexity index is 554. The number of hydrogen-bond acceptors (Lipinski definition) is 0. The molecule has 2 aromatic carbocycles. The van der Waals surface area contributed by atoms with Crippen LogP contribution in [0.3, 0.4) is 0 Å². The van der Waals surface area contributed by atoms with E-state index in [1.54, 1.807) is 5.30 Å². The standard InChI is InChI=1S/C22H31P/c1-4-6-8-18-23(21-14-10-19(3)11-15-21)22-16-12-20(13-17-22)9-7-5-2/h10-17H,4-9,18H2,1-3H3. The Labute approximate surface area is 144 Å². The Balaban J connectivity index is 2.16. The minimum atomic E-state index is -0.200. The summed E-state index contributed by atoms with van der Waals surface area (Å²) in [6, 6.07) is 18.7. The maximum atomic E-state index is 2.39.